The van der Waals surface area contributed by atoms with E-state index < -0.39 is 0 Å². The van der Waals surface area contributed by atoms with Gasteiger partial charge in [0.1, 0.15) is 0 Å². The molecule has 2 rings (SSSR count). The van der Waals surface area contributed by atoms with E-state index in [1.54, 1.807) is 6.08 Å². The molecular weight excluding hydrogens is 294 g/mol. The number of nitrogens with one attached hydrogen (secondary N) is 1. The Bertz CT molecular complexity index is 660. The van der Waals surface area contributed by atoms with Crippen LogP contribution in [0.15, 0.2) is 78.9 Å². The van der Waals surface area contributed by atoms with Gasteiger partial charge in [0.05, 0.1) is 6.04 Å². The molecule has 0 aliphatic carbocycles. The molecule has 2 aromatic carbocycles. The zero-order valence-corrected chi connectivity index (χ0v) is 13.1. The highest BCUT2D eigenvalue weighted by Crippen LogP contribution is 2.23. The highest BCUT2D eigenvalue weighted by Gasteiger charge is 2.15. The minimum atomic E-state index is -0.207. The number of hydrogen-bond acceptors (Lipinski definition) is 1. The Balaban J connectivity index is 2.26. The summed E-state index contributed by atoms with van der Waals surface area (Å²) in [5.74, 6) is -0.137. The van der Waals surface area contributed by atoms with E-state index in [1.807, 2.05) is 73.7 Å². The third kappa shape index (κ3) is 4.61. The number of amides is 1. The van der Waals surface area contributed by atoms with Crippen LogP contribution in [-0.4, -0.2) is 5.91 Å². The lowest BCUT2D eigenvalue weighted by molar-refractivity contribution is -0.117. The average Bonchev–Trinajstić information content (AvgIpc) is 2.55. The lowest BCUT2D eigenvalue weighted by atomic mass is 9.98. The molecule has 0 radical (unpaired) electrons. The molecule has 1 N–H and O–H groups in total. The van der Waals surface area contributed by atoms with E-state index in [9.17, 15) is 4.79 Å². The number of benzene rings is 2. The van der Waals surface area contributed by atoms with E-state index in [0.29, 0.717) is 5.02 Å². The fourth-order valence-electron chi connectivity index (χ4n) is 2.10. The van der Waals surface area contributed by atoms with Crippen LogP contribution in [0.5, 0.6) is 0 Å². The first-order chi connectivity index (χ1) is 10.7. The first kappa shape index (κ1) is 16.1. The van der Waals surface area contributed by atoms with Gasteiger partial charge in [0.15, 0.2) is 0 Å². The molecule has 0 aliphatic rings. The van der Waals surface area contributed by atoms with Crippen LogP contribution in [0.2, 0.25) is 5.02 Å². The van der Waals surface area contributed by atoms with E-state index >= 15 is 0 Å². The summed E-state index contributed by atoms with van der Waals surface area (Å²) in [6.07, 6.45) is 6.93. The van der Waals surface area contributed by atoms with Gasteiger partial charge >= 0.3 is 0 Å². The predicted octanol–water partition coefficient (Wildman–Crippen LogP) is 4.68. The van der Waals surface area contributed by atoms with Crippen LogP contribution in [0.1, 0.15) is 24.1 Å². The molecular formula is C19H18ClNO. The molecule has 1 atom stereocenters. The molecule has 3 heteroatoms. The minimum Gasteiger partial charge on any atom is -0.342 e. The third-order valence-electron chi connectivity index (χ3n) is 3.17. The summed E-state index contributed by atoms with van der Waals surface area (Å²) in [6, 6.07) is 17.2. The molecule has 2 nitrogen and oxygen atoms in total. The van der Waals surface area contributed by atoms with Crippen LogP contribution in [0.25, 0.3) is 0 Å². The summed E-state index contributed by atoms with van der Waals surface area (Å²) < 4.78 is 0. The van der Waals surface area contributed by atoms with Gasteiger partial charge in [0.25, 0.3) is 0 Å². The average molecular weight is 312 g/mol. The maximum Gasteiger partial charge on any atom is 0.244 e. The van der Waals surface area contributed by atoms with Gasteiger partial charge in [0, 0.05) is 11.1 Å². The van der Waals surface area contributed by atoms with Gasteiger partial charge in [-0.1, -0.05) is 72.3 Å². The normalized spacial score (nSPS) is 12.6. The molecule has 0 spiro atoms. The lowest BCUT2D eigenvalue weighted by Crippen LogP contribution is -2.27. The Morgan fingerprint density at radius 2 is 1.64 bits per heavy atom. The van der Waals surface area contributed by atoms with Crippen molar-refractivity contribution in [2.75, 3.05) is 0 Å². The molecule has 0 saturated heterocycles. The summed E-state index contributed by atoms with van der Waals surface area (Å²) >= 11 is 5.95. The monoisotopic (exact) mass is 311 g/mol. The molecule has 112 valence electrons. The lowest BCUT2D eigenvalue weighted by Gasteiger charge is -2.19. The second kappa shape index (κ2) is 8.20. The van der Waals surface area contributed by atoms with Crippen molar-refractivity contribution in [1.82, 2.24) is 5.32 Å². The molecule has 2 aromatic rings. The van der Waals surface area contributed by atoms with Crippen molar-refractivity contribution < 1.29 is 4.79 Å². The van der Waals surface area contributed by atoms with E-state index in [2.05, 4.69) is 5.32 Å². The van der Waals surface area contributed by atoms with Crippen LogP contribution >= 0.6 is 11.6 Å². The van der Waals surface area contributed by atoms with Crippen molar-refractivity contribution in [3.63, 3.8) is 0 Å². The molecule has 1 unspecified atom stereocenters. The number of carbonyl (C=O) groups excluding carboxylic acids is 1. The highest BCUT2D eigenvalue weighted by molar-refractivity contribution is 6.30. The van der Waals surface area contributed by atoms with Crippen LogP contribution in [0.3, 0.4) is 0 Å². The zero-order chi connectivity index (χ0) is 15.8. The van der Waals surface area contributed by atoms with Crippen LogP contribution in [-0.2, 0) is 4.79 Å². The zero-order valence-electron chi connectivity index (χ0n) is 12.4. The second-order valence-corrected chi connectivity index (χ2v) is 5.23. The van der Waals surface area contributed by atoms with Crippen molar-refractivity contribution in [2.45, 2.75) is 13.0 Å². The molecule has 0 bridgehead atoms. The molecule has 22 heavy (non-hydrogen) atoms. The van der Waals surface area contributed by atoms with Gasteiger partial charge in [-0.15, -0.1) is 0 Å². The number of rotatable bonds is 5. The van der Waals surface area contributed by atoms with Crippen LogP contribution in [0.4, 0.5) is 0 Å². The molecule has 1 amide bonds. The fourth-order valence-corrected chi connectivity index (χ4v) is 2.23. The van der Waals surface area contributed by atoms with Gasteiger partial charge in [-0.05, 0) is 30.2 Å². The largest absolute Gasteiger partial charge is 0.342 e. The summed E-state index contributed by atoms with van der Waals surface area (Å²) in [4.78, 5) is 12.1. The predicted molar refractivity (Wildman–Crippen MR) is 91.8 cm³/mol. The van der Waals surface area contributed by atoms with E-state index in [-0.39, 0.29) is 11.9 Å². The first-order valence-corrected chi connectivity index (χ1v) is 7.49. The topological polar surface area (TPSA) is 29.1 Å². The van der Waals surface area contributed by atoms with Gasteiger partial charge < -0.3 is 5.32 Å². The molecule has 0 aromatic heterocycles. The van der Waals surface area contributed by atoms with E-state index in [0.717, 1.165) is 11.1 Å². The Morgan fingerprint density at radius 3 is 2.27 bits per heavy atom. The maximum absolute atomic E-state index is 12.1. The van der Waals surface area contributed by atoms with Gasteiger partial charge in [-0.25, -0.2) is 0 Å². The third-order valence-corrected chi connectivity index (χ3v) is 3.43. The quantitative estimate of drug-likeness (QED) is 0.630. The number of allylic oxidation sites excluding steroid dienone is 3. The van der Waals surface area contributed by atoms with Crippen molar-refractivity contribution >= 4 is 17.5 Å². The Morgan fingerprint density at radius 1 is 1.00 bits per heavy atom. The summed E-state index contributed by atoms with van der Waals surface area (Å²) in [5, 5.41) is 3.70. The molecule has 0 fully saturated rings. The van der Waals surface area contributed by atoms with Gasteiger partial charge in [-0.3, -0.25) is 4.79 Å². The maximum atomic E-state index is 12.1. The Labute approximate surface area is 136 Å². The first-order valence-electron chi connectivity index (χ1n) is 7.11. The number of carbonyl (C=O) groups is 1. The van der Waals surface area contributed by atoms with Crippen LogP contribution in [0, 0.1) is 0 Å². The summed E-state index contributed by atoms with van der Waals surface area (Å²) in [5.41, 5.74) is 2.01. The molecule has 0 heterocycles. The van der Waals surface area contributed by atoms with Crippen molar-refractivity contribution in [3.8, 4) is 0 Å². The minimum absolute atomic E-state index is 0.137. The molecule has 0 aliphatic heterocycles. The van der Waals surface area contributed by atoms with Gasteiger partial charge in [-0.2, -0.15) is 0 Å². The SMILES string of the molecule is C/C=C/C=C/C(=O)NC(c1ccccc1)c1ccc(Cl)cc1. The van der Waals surface area contributed by atoms with Gasteiger partial charge in [0.2, 0.25) is 5.91 Å². The number of hydrogen-bond donors (Lipinski definition) is 1. The number of halogens is 1. The fraction of sp³-hybridized carbons (Fsp3) is 0.105. The van der Waals surface area contributed by atoms with Crippen molar-refractivity contribution in [1.29, 1.82) is 0 Å². The molecule has 0 saturated carbocycles. The van der Waals surface area contributed by atoms with E-state index in [4.69, 9.17) is 11.6 Å². The van der Waals surface area contributed by atoms with Crippen molar-refractivity contribution in [2.24, 2.45) is 0 Å². The Hall–Kier alpha value is -2.32. The smallest absolute Gasteiger partial charge is 0.244 e. The second-order valence-electron chi connectivity index (χ2n) is 4.79. The Kier molecular flexibility index (Phi) is 5.99. The van der Waals surface area contributed by atoms with Crippen molar-refractivity contribution in [3.05, 3.63) is 95.1 Å². The summed E-state index contributed by atoms with van der Waals surface area (Å²) in [6.45, 7) is 1.91. The standard InChI is InChI=1S/C19H18ClNO/c1-2-3-5-10-18(22)21-19(15-8-6-4-7-9-15)16-11-13-17(20)14-12-16/h2-14,19H,1H3,(H,21,22)/b3-2+,10-5+. The summed E-state index contributed by atoms with van der Waals surface area (Å²) in [7, 11) is 0. The van der Waals surface area contributed by atoms with E-state index in [1.165, 1.54) is 6.08 Å². The highest BCUT2D eigenvalue weighted by atomic mass is 35.5. The van der Waals surface area contributed by atoms with Crippen LogP contribution < -0.4 is 5.32 Å².